The first-order valence-electron chi connectivity index (χ1n) is 4.89. The van der Waals surface area contributed by atoms with E-state index in [1.54, 1.807) is 0 Å². The van der Waals surface area contributed by atoms with Gasteiger partial charge in [0.25, 0.3) is 0 Å². The van der Waals surface area contributed by atoms with Crippen LogP contribution in [0.15, 0.2) is 0 Å². The fourth-order valence-corrected chi connectivity index (χ4v) is 1.03. The van der Waals surface area contributed by atoms with Gasteiger partial charge in [0.15, 0.2) is 0 Å². The predicted octanol–water partition coefficient (Wildman–Crippen LogP) is 1.09. The van der Waals surface area contributed by atoms with Crippen LogP contribution in [0.2, 0.25) is 0 Å². The molecule has 0 saturated carbocycles. The van der Waals surface area contributed by atoms with E-state index < -0.39 is 12.8 Å². The highest BCUT2D eigenvalue weighted by Crippen LogP contribution is 2.14. The van der Waals surface area contributed by atoms with Crippen LogP contribution in [-0.2, 0) is 9.53 Å². The number of carbonyl (C=O) groups excluding carboxylic acids is 1. The van der Waals surface area contributed by atoms with Crippen LogP contribution in [0.1, 0.15) is 12.8 Å². The van der Waals surface area contributed by atoms with E-state index in [0.717, 1.165) is 0 Å². The Morgan fingerprint density at radius 3 is 2.47 bits per heavy atom. The third-order valence-corrected chi connectivity index (χ3v) is 2.05. The van der Waals surface area contributed by atoms with E-state index in [2.05, 4.69) is 17.0 Å². The van der Waals surface area contributed by atoms with Gasteiger partial charge in [-0.3, -0.25) is 4.79 Å². The van der Waals surface area contributed by atoms with Crippen molar-refractivity contribution in [2.75, 3.05) is 26.8 Å². The lowest BCUT2D eigenvalue weighted by atomic mass is 10.3. The minimum Gasteiger partial charge on any atom is -0.393 e. The number of hydrogen-bond acceptors (Lipinski definition) is 3. The molecule has 8 heteroatoms. The van der Waals surface area contributed by atoms with Gasteiger partial charge in [-0.1, -0.05) is 12.2 Å². The summed E-state index contributed by atoms with van der Waals surface area (Å²) in [6.45, 7) is -1.24. The number of rotatable bonds is 7. The Balaban J connectivity index is 3.68. The molecule has 0 spiro atoms. The maximum Gasteiger partial charge on any atom is 0.411 e. The number of thiocarbonyl (C=S) groups is 1. The number of nitrogens with zero attached hydrogens (tertiary/aromatic N) is 1. The molecular weight excluding hydrogens is 257 g/mol. The molecule has 17 heavy (non-hydrogen) atoms. The SMILES string of the molecule is CN(CCC(N)=S)C(=O)CCOCC(F)(F)F. The van der Waals surface area contributed by atoms with E-state index in [9.17, 15) is 18.0 Å². The number of alkyl halides is 3. The molecule has 0 unspecified atom stereocenters. The smallest absolute Gasteiger partial charge is 0.393 e. The molecule has 2 N–H and O–H groups in total. The molecule has 0 aromatic rings. The topological polar surface area (TPSA) is 55.6 Å². The van der Waals surface area contributed by atoms with Crippen LogP contribution in [-0.4, -0.2) is 48.8 Å². The van der Waals surface area contributed by atoms with Crippen molar-refractivity contribution in [3.05, 3.63) is 0 Å². The van der Waals surface area contributed by atoms with Gasteiger partial charge < -0.3 is 15.4 Å². The van der Waals surface area contributed by atoms with Crippen LogP contribution in [0.3, 0.4) is 0 Å². The van der Waals surface area contributed by atoms with Crippen molar-refractivity contribution in [3.63, 3.8) is 0 Å². The molecule has 0 aliphatic heterocycles. The van der Waals surface area contributed by atoms with Crippen molar-refractivity contribution in [1.82, 2.24) is 4.90 Å². The van der Waals surface area contributed by atoms with Crippen molar-refractivity contribution in [2.24, 2.45) is 5.73 Å². The lowest BCUT2D eigenvalue weighted by Gasteiger charge is -2.16. The standard InChI is InChI=1S/C9H15F3N2O2S/c1-14(4-2-7(13)17)8(15)3-5-16-6-9(10,11)12/h2-6H2,1H3,(H2,13,17). The second-order valence-electron chi connectivity index (χ2n) is 3.45. The summed E-state index contributed by atoms with van der Waals surface area (Å²) in [6.07, 6.45) is -4.06. The second-order valence-corrected chi connectivity index (χ2v) is 3.97. The van der Waals surface area contributed by atoms with Gasteiger partial charge in [-0.2, -0.15) is 13.2 Å². The average molecular weight is 272 g/mol. The summed E-state index contributed by atoms with van der Waals surface area (Å²) in [5, 5.41) is 0. The monoisotopic (exact) mass is 272 g/mol. The first-order valence-corrected chi connectivity index (χ1v) is 5.30. The summed E-state index contributed by atoms with van der Waals surface area (Å²) in [7, 11) is 1.53. The Morgan fingerprint density at radius 2 is 2.00 bits per heavy atom. The van der Waals surface area contributed by atoms with E-state index >= 15 is 0 Å². The first-order chi connectivity index (χ1) is 7.72. The van der Waals surface area contributed by atoms with Crippen LogP contribution in [0.5, 0.6) is 0 Å². The molecule has 0 fully saturated rings. The van der Waals surface area contributed by atoms with E-state index in [0.29, 0.717) is 13.0 Å². The summed E-state index contributed by atoms with van der Waals surface area (Å²) in [4.78, 5) is 13.0. The lowest BCUT2D eigenvalue weighted by Crippen LogP contribution is -2.31. The molecule has 0 heterocycles. The maximum atomic E-state index is 11.7. The highest BCUT2D eigenvalue weighted by atomic mass is 32.1. The number of ether oxygens (including phenoxy) is 1. The van der Waals surface area contributed by atoms with Gasteiger partial charge in [-0.05, 0) is 0 Å². The largest absolute Gasteiger partial charge is 0.411 e. The van der Waals surface area contributed by atoms with Crippen LogP contribution in [0.4, 0.5) is 13.2 Å². The van der Waals surface area contributed by atoms with Gasteiger partial charge in [0.05, 0.1) is 18.0 Å². The molecule has 0 atom stereocenters. The van der Waals surface area contributed by atoms with Crippen molar-refractivity contribution in [2.45, 2.75) is 19.0 Å². The van der Waals surface area contributed by atoms with Crippen LogP contribution in [0.25, 0.3) is 0 Å². The molecule has 1 amide bonds. The number of nitrogens with two attached hydrogens (primary N) is 1. The molecule has 0 aromatic heterocycles. The normalized spacial score (nSPS) is 11.3. The van der Waals surface area contributed by atoms with Crippen molar-refractivity contribution in [3.8, 4) is 0 Å². The third kappa shape index (κ3) is 10.0. The molecule has 0 rings (SSSR count). The fraction of sp³-hybridized carbons (Fsp3) is 0.778. The Bertz CT molecular complexity index is 271. The van der Waals surface area contributed by atoms with Crippen LogP contribution >= 0.6 is 12.2 Å². The first kappa shape index (κ1) is 16.1. The van der Waals surface area contributed by atoms with Gasteiger partial charge in [0, 0.05) is 20.0 Å². The molecule has 0 aromatic carbocycles. The zero-order chi connectivity index (χ0) is 13.5. The van der Waals surface area contributed by atoms with Gasteiger partial charge in [-0.15, -0.1) is 0 Å². The zero-order valence-electron chi connectivity index (χ0n) is 9.42. The molecule has 0 radical (unpaired) electrons. The second kappa shape index (κ2) is 7.44. The highest BCUT2D eigenvalue weighted by molar-refractivity contribution is 7.80. The van der Waals surface area contributed by atoms with Crippen molar-refractivity contribution in [1.29, 1.82) is 0 Å². The highest BCUT2D eigenvalue weighted by Gasteiger charge is 2.27. The summed E-state index contributed by atoms with van der Waals surface area (Å²) in [6, 6.07) is 0. The lowest BCUT2D eigenvalue weighted by molar-refractivity contribution is -0.175. The number of amides is 1. The van der Waals surface area contributed by atoms with E-state index in [-0.39, 0.29) is 23.9 Å². The summed E-state index contributed by atoms with van der Waals surface area (Å²) >= 11 is 4.64. The Hall–Kier alpha value is -0.890. The van der Waals surface area contributed by atoms with Crippen LogP contribution in [0, 0.1) is 0 Å². The summed E-state index contributed by atoms with van der Waals surface area (Å²) < 4.78 is 39.4. The molecule has 0 bridgehead atoms. The van der Waals surface area contributed by atoms with Gasteiger partial charge in [0.1, 0.15) is 6.61 Å². The Kier molecular flexibility index (Phi) is 7.05. The van der Waals surface area contributed by atoms with Gasteiger partial charge in [-0.25, -0.2) is 0 Å². The quantitative estimate of drug-likeness (QED) is 0.557. The Labute approximate surface area is 103 Å². The average Bonchev–Trinajstić information content (AvgIpc) is 2.19. The third-order valence-electron chi connectivity index (χ3n) is 1.85. The number of halogens is 3. The van der Waals surface area contributed by atoms with Crippen molar-refractivity contribution >= 4 is 23.1 Å². The van der Waals surface area contributed by atoms with E-state index in [1.165, 1.54) is 11.9 Å². The van der Waals surface area contributed by atoms with Gasteiger partial charge >= 0.3 is 6.18 Å². The van der Waals surface area contributed by atoms with Gasteiger partial charge in [0.2, 0.25) is 5.91 Å². The molecule has 4 nitrogen and oxygen atoms in total. The minimum atomic E-state index is -4.36. The fourth-order valence-electron chi connectivity index (χ4n) is 0.941. The summed E-state index contributed by atoms with van der Waals surface area (Å²) in [5.41, 5.74) is 5.25. The van der Waals surface area contributed by atoms with Crippen LogP contribution < -0.4 is 5.73 Å². The molecular formula is C9H15F3N2O2S. The molecule has 0 aliphatic carbocycles. The maximum absolute atomic E-state index is 11.7. The summed E-state index contributed by atoms with van der Waals surface area (Å²) in [5.74, 6) is -0.302. The Morgan fingerprint density at radius 1 is 1.41 bits per heavy atom. The van der Waals surface area contributed by atoms with Crippen molar-refractivity contribution < 1.29 is 22.7 Å². The predicted molar refractivity (Wildman–Crippen MR) is 60.5 cm³/mol. The molecule has 0 saturated heterocycles. The minimum absolute atomic E-state index is 0.0933. The molecule has 0 aliphatic rings. The van der Waals surface area contributed by atoms with E-state index in [4.69, 9.17) is 5.73 Å². The zero-order valence-corrected chi connectivity index (χ0v) is 10.2. The molecule has 100 valence electrons. The van der Waals surface area contributed by atoms with E-state index in [1.807, 2.05) is 0 Å². The number of carbonyl (C=O) groups is 1. The number of hydrogen-bond donors (Lipinski definition) is 1.